The summed E-state index contributed by atoms with van der Waals surface area (Å²) in [6.07, 6.45) is 6.50. The van der Waals surface area contributed by atoms with Gasteiger partial charge in [-0.2, -0.15) is 0 Å². The Hall–Kier alpha value is -2.34. The van der Waals surface area contributed by atoms with Crippen LogP contribution in [0.5, 0.6) is 0 Å². The Morgan fingerprint density at radius 1 is 1.45 bits per heavy atom. The molecule has 3 atom stereocenters. The van der Waals surface area contributed by atoms with E-state index in [4.69, 9.17) is 0 Å². The number of carbonyl (C=O) groups excluding carboxylic acids is 1. The quantitative estimate of drug-likeness (QED) is 0.216. The lowest BCUT2D eigenvalue weighted by Gasteiger charge is -2.41. The largest absolute Gasteiger partial charge is 0.480 e. The number of aliphatic imine (C=N–C) groups is 1. The van der Waals surface area contributed by atoms with Crippen molar-refractivity contribution in [2.75, 3.05) is 13.1 Å². The van der Waals surface area contributed by atoms with Gasteiger partial charge in [0.1, 0.15) is 23.8 Å². The summed E-state index contributed by atoms with van der Waals surface area (Å²) >= 11 is 1.49. The molecule has 0 aromatic carbocycles. The number of piperidine rings is 1. The Balaban J connectivity index is 0.00000272. The van der Waals surface area contributed by atoms with Crippen LogP contribution in [0.3, 0.4) is 0 Å². The number of fused-ring (bicyclic) bond motifs is 1. The molecule has 1 N–H and O–H groups in total. The van der Waals surface area contributed by atoms with Crippen LogP contribution in [0.25, 0.3) is 0 Å². The summed E-state index contributed by atoms with van der Waals surface area (Å²) < 4.78 is 1.03. The topological polar surface area (TPSA) is 134 Å². The molecule has 1 amide bonds. The van der Waals surface area contributed by atoms with Crippen molar-refractivity contribution in [1.29, 1.82) is 0 Å². The molecule has 1 aromatic heterocycles. The van der Waals surface area contributed by atoms with E-state index in [2.05, 4.69) is 9.98 Å². The van der Waals surface area contributed by atoms with Crippen molar-refractivity contribution in [1.82, 2.24) is 19.4 Å². The van der Waals surface area contributed by atoms with Crippen molar-refractivity contribution < 1.29 is 19.6 Å². The lowest BCUT2D eigenvalue weighted by molar-refractivity contribution is -0.396. The summed E-state index contributed by atoms with van der Waals surface area (Å²) in [7, 11) is 0. The highest BCUT2D eigenvalue weighted by atomic mass is 35.5. The van der Waals surface area contributed by atoms with Gasteiger partial charge < -0.3 is 25.0 Å². The third-order valence-electron chi connectivity index (χ3n) is 6.00. The summed E-state index contributed by atoms with van der Waals surface area (Å²) in [6, 6.07) is -1.36. The molecule has 3 fully saturated rings. The maximum atomic E-state index is 12.5. The maximum absolute atomic E-state index is 12.5. The molecule has 0 radical (unpaired) electrons. The minimum atomic E-state index is -0.981. The Kier molecular flexibility index (Phi) is 6.51. The molecule has 3 saturated heterocycles. The number of imidazole rings is 1. The highest BCUT2D eigenvalue weighted by Gasteiger charge is 2.63. The van der Waals surface area contributed by atoms with Gasteiger partial charge in [0.05, 0.1) is 12.9 Å². The molecule has 0 spiro atoms. The van der Waals surface area contributed by atoms with E-state index in [1.165, 1.54) is 22.9 Å². The molecule has 11 nitrogen and oxygen atoms in total. The highest BCUT2D eigenvalue weighted by Crippen LogP contribution is 2.51. The fourth-order valence-electron chi connectivity index (χ4n) is 4.44. The number of nitro groups is 1. The Labute approximate surface area is 189 Å². The maximum Gasteiger partial charge on any atom is 0.434 e. The SMILES string of the molecule is CC1(C)S[C@@H]2[C@H](N=CN3CCC(Cn4ccnc4[N+](=O)[O-])CC3)C(=O)N2[C@H]1C(=O)O.Cl. The summed E-state index contributed by atoms with van der Waals surface area (Å²) in [5, 5.41) is 20.2. The average Bonchev–Trinajstić information content (AvgIpc) is 3.23. The van der Waals surface area contributed by atoms with Gasteiger partial charge in [0.25, 0.3) is 5.91 Å². The second-order valence-electron chi connectivity index (χ2n) is 8.42. The van der Waals surface area contributed by atoms with Crippen LogP contribution < -0.4 is 0 Å². The summed E-state index contributed by atoms with van der Waals surface area (Å²) in [5.74, 6) is -1.04. The molecule has 3 aliphatic heterocycles. The number of hydrogen-bond acceptors (Lipinski definition) is 7. The number of rotatable bonds is 6. The van der Waals surface area contributed by atoms with E-state index in [-0.39, 0.29) is 29.6 Å². The van der Waals surface area contributed by atoms with Gasteiger partial charge in [0.2, 0.25) is 0 Å². The fraction of sp³-hybridized carbons (Fsp3) is 0.667. The third kappa shape index (κ3) is 4.22. The molecular formula is C18H25ClN6O5S. The first-order valence-electron chi connectivity index (χ1n) is 9.84. The number of halogens is 1. The van der Waals surface area contributed by atoms with E-state index in [0.29, 0.717) is 12.5 Å². The van der Waals surface area contributed by atoms with Gasteiger partial charge in [-0.05, 0) is 37.5 Å². The predicted molar refractivity (Wildman–Crippen MR) is 116 cm³/mol. The number of carboxylic acids is 1. The van der Waals surface area contributed by atoms with E-state index in [0.717, 1.165) is 25.9 Å². The number of hydrogen-bond donors (Lipinski definition) is 1. The molecule has 0 aliphatic carbocycles. The number of aromatic nitrogens is 2. The molecule has 13 heteroatoms. The number of β-lactam (4-membered cyclic amide) rings is 1. The van der Waals surface area contributed by atoms with Crippen molar-refractivity contribution in [3.05, 3.63) is 22.5 Å². The van der Waals surface area contributed by atoms with Crippen molar-refractivity contribution >= 4 is 48.3 Å². The molecule has 1 aromatic rings. The van der Waals surface area contributed by atoms with Crippen molar-refractivity contribution in [2.24, 2.45) is 10.9 Å². The Morgan fingerprint density at radius 3 is 2.74 bits per heavy atom. The lowest BCUT2D eigenvalue weighted by Crippen LogP contribution is -2.65. The zero-order chi connectivity index (χ0) is 21.6. The smallest absolute Gasteiger partial charge is 0.434 e. The van der Waals surface area contributed by atoms with E-state index >= 15 is 0 Å². The molecule has 4 heterocycles. The number of aliphatic carboxylic acids is 1. The summed E-state index contributed by atoms with van der Waals surface area (Å²) in [5.41, 5.74) is 0. The molecule has 170 valence electrons. The van der Waals surface area contributed by atoms with Crippen molar-refractivity contribution in [2.45, 2.75) is 55.4 Å². The molecule has 3 aliphatic rings. The first kappa shape index (κ1) is 23.3. The van der Waals surface area contributed by atoms with Gasteiger partial charge in [0, 0.05) is 17.8 Å². The molecule has 31 heavy (non-hydrogen) atoms. The molecule has 4 rings (SSSR count). The monoisotopic (exact) mass is 472 g/mol. The van der Waals surface area contributed by atoms with Crippen LogP contribution in [0, 0.1) is 16.0 Å². The normalized spacial score (nSPS) is 27.7. The number of carbonyl (C=O) groups is 2. The van der Waals surface area contributed by atoms with E-state index in [9.17, 15) is 24.8 Å². The molecule has 0 saturated carbocycles. The van der Waals surface area contributed by atoms with Crippen LogP contribution >= 0.6 is 24.2 Å². The molecule has 0 bridgehead atoms. The van der Waals surface area contributed by atoms with E-state index in [1.807, 2.05) is 18.7 Å². The summed E-state index contributed by atoms with van der Waals surface area (Å²) in [4.78, 5) is 46.3. The van der Waals surface area contributed by atoms with Crippen molar-refractivity contribution in [3.8, 4) is 0 Å². The van der Waals surface area contributed by atoms with Crippen LogP contribution in [0.4, 0.5) is 5.95 Å². The Morgan fingerprint density at radius 2 is 2.13 bits per heavy atom. The fourth-order valence-corrected chi connectivity index (χ4v) is 6.06. The second kappa shape index (κ2) is 8.65. The standard InChI is InChI=1S/C18H24N6O5S.ClH/c1-18(2)13(16(26)27)23-14(25)12(15(23)30-18)20-10-21-6-3-11(4-7-21)9-22-8-5-19-17(22)24(28)29;/h5,8,10-13,15H,3-4,6-7,9H2,1-2H3,(H,26,27);1H/t12-,13+,15-;/m1./s1. The predicted octanol–water partition coefficient (Wildman–Crippen LogP) is 1.47. The Bertz CT molecular complexity index is 900. The van der Waals surface area contributed by atoms with Crippen molar-refractivity contribution in [3.63, 3.8) is 0 Å². The minimum absolute atomic E-state index is 0. The molecular weight excluding hydrogens is 448 g/mol. The van der Waals surface area contributed by atoms with Crippen LogP contribution in [0.2, 0.25) is 0 Å². The van der Waals surface area contributed by atoms with Gasteiger partial charge in [-0.25, -0.2) is 9.36 Å². The number of nitrogens with zero attached hydrogens (tertiary/aromatic N) is 6. The third-order valence-corrected chi connectivity index (χ3v) is 7.56. The zero-order valence-electron chi connectivity index (χ0n) is 17.2. The first-order chi connectivity index (χ1) is 14.2. The van der Waals surface area contributed by atoms with Gasteiger partial charge in [-0.3, -0.25) is 9.79 Å². The van der Waals surface area contributed by atoms with E-state index < -0.39 is 27.7 Å². The van der Waals surface area contributed by atoms with Crippen LogP contribution in [0.15, 0.2) is 17.4 Å². The van der Waals surface area contributed by atoms with Crippen LogP contribution in [-0.2, 0) is 16.1 Å². The van der Waals surface area contributed by atoms with Gasteiger partial charge >= 0.3 is 11.9 Å². The van der Waals surface area contributed by atoms with Gasteiger partial charge in [-0.1, -0.05) is 4.98 Å². The lowest BCUT2D eigenvalue weighted by atomic mass is 9.96. The highest BCUT2D eigenvalue weighted by molar-refractivity contribution is 8.01. The zero-order valence-corrected chi connectivity index (χ0v) is 18.8. The number of thioether (sulfide) groups is 1. The summed E-state index contributed by atoms with van der Waals surface area (Å²) in [6.45, 7) is 5.75. The van der Waals surface area contributed by atoms with Crippen LogP contribution in [-0.4, -0.2) is 82.9 Å². The van der Waals surface area contributed by atoms with Gasteiger partial charge in [-0.15, -0.1) is 24.2 Å². The first-order valence-corrected chi connectivity index (χ1v) is 10.7. The number of carboxylic acid groups (broad SMARTS) is 1. The number of likely N-dealkylation sites (tertiary alicyclic amines) is 1. The molecule has 0 unspecified atom stereocenters. The number of amides is 1. The van der Waals surface area contributed by atoms with Crippen LogP contribution in [0.1, 0.15) is 26.7 Å². The minimum Gasteiger partial charge on any atom is -0.480 e. The average molecular weight is 473 g/mol. The van der Waals surface area contributed by atoms with E-state index in [1.54, 1.807) is 17.1 Å². The van der Waals surface area contributed by atoms with Gasteiger partial charge in [0.15, 0.2) is 6.04 Å². The second-order valence-corrected chi connectivity index (χ2v) is 10.2.